The minimum absolute atomic E-state index is 0.389. The third-order valence-electron chi connectivity index (χ3n) is 4.95. The first-order chi connectivity index (χ1) is 12.9. The molecule has 1 aromatic carbocycles. The number of halogens is 1. The first-order valence-electron chi connectivity index (χ1n) is 8.63. The Balaban J connectivity index is 1.67. The number of aryl methyl sites for hydroxylation is 2. The number of hydrogen-bond donors (Lipinski definition) is 3. The van der Waals surface area contributed by atoms with E-state index in [0.29, 0.717) is 17.0 Å². The highest BCUT2D eigenvalue weighted by Gasteiger charge is 2.47. The van der Waals surface area contributed by atoms with E-state index in [1.54, 1.807) is 17.7 Å². The summed E-state index contributed by atoms with van der Waals surface area (Å²) in [5.41, 5.74) is 1.76. The molecule has 1 aliphatic rings. The summed E-state index contributed by atoms with van der Waals surface area (Å²) in [5.74, 6) is 0.150. The molecule has 0 aliphatic carbocycles. The summed E-state index contributed by atoms with van der Waals surface area (Å²) in [6.07, 6.45) is -4.10. The Kier molecular flexibility index (Phi) is 4.43. The number of nitrogens with zero attached hydrogens (tertiary/aromatic N) is 3. The molecule has 0 radical (unpaired) electrons. The van der Waals surface area contributed by atoms with Crippen LogP contribution >= 0.6 is 0 Å². The normalized spacial score (nSPS) is 26.6. The topological polar surface area (TPSA) is 101 Å². The number of aliphatic hydroxyl groups is 3. The maximum atomic E-state index is 13.1. The Morgan fingerprint density at radius 3 is 2.48 bits per heavy atom. The number of hydrogen-bond acceptors (Lipinski definition) is 6. The van der Waals surface area contributed by atoms with E-state index in [2.05, 4.69) is 9.97 Å². The smallest absolute Gasteiger partial charge is 0.164 e. The molecular formula is C19H20FN3O4. The number of rotatable bonds is 3. The Morgan fingerprint density at radius 2 is 1.78 bits per heavy atom. The highest BCUT2D eigenvalue weighted by atomic mass is 19.1. The first-order valence-corrected chi connectivity index (χ1v) is 8.63. The molecule has 0 spiro atoms. The van der Waals surface area contributed by atoms with Gasteiger partial charge in [0.2, 0.25) is 0 Å². The summed E-state index contributed by atoms with van der Waals surface area (Å²) >= 11 is 0. The predicted molar refractivity (Wildman–Crippen MR) is 94.3 cm³/mol. The largest absolute Gasteiger partial charge is 0.387 e. The molecule has 1 fully saturated rings. The van der Waals surface area contributed by atoms with Gasteiger partial charge in [-0.2, -0.15) is 0 Å². The van der Waals surface area contributed by atoms with Gasteiger partial charge in [0, 0.05) is 11.6 Å². The van der Waals surface area contributed by atoms with Crippen LogP contribution in [-0.4, -0.2) is 48.2 Å². The van der Waals surface area contributed by atoms with E-state index in [4.69, 9.17) is 4.74 Å². The lowest BCUT2D eigenvalue weighted by atomic mass is 9.99. The molecule has 0 saturated carbocycles. The van der Waals surface area contributed by atoms with Gasteiger partial charge in [-0.15, -0.1) is 0 Å². The summed E-state index contributed by atoms with van der Waals surface area (Å²) in [4.78, 5) is 8.73. The average Bonchev–Trinajstić information content (AvgIpc) is 3.17. The van der Waals surface area contributed by atoms with Gasteiger partial charge in [0.25, 0.3) is 0 Å². The van der Waals surface area contributed by atoms with E-state index >= 15 is 0 Å². The van der Waals surface area contributed by atoms with Crippen LogP contribution in [0, 0.1) is 19.7 Å². The van der Waals surface area contributed by atoms with Crippen LogP contribution in [0.25, 0.3) is 11.0 Å². The molecule has 0 bridgehead atoms. The van der Waals surface area contributed by atoms with Crippen LogP contribution in [0.4, 0.5) is 4.39 Å². The zero-order valence-electron chi connectivity index (χ0n) is 14.8. The summed E-state index contributed by atoms with van der Waals surface area (Å²) < 4.78 is 20.6. The van der Waals surface area contributed by atoms with Crippen molar-refractivity contribution < 1.29 is 24.4 Å². The lowest BCUT2D eigenvalue weighted by Gasteiger charge is -2.21. The maximum absolute atomic E-state index is 13.1. The van der Waals surface area contributed by atoms with Crippen molar-refractivity contribution in [3.63, 3.8) is 0 Å². The van der Waals surface area contributed by atoms with Crippen LogP contribution in [-0.2, 0) is 4.74 Å². The van der Waals surface area contributed by atoms with Gasteiger partial charge < -0.3 is 24.6 Å². The predicted octanol–water partition coefficient (Wildman–Crippen LogP) is 1.54. The number of aliphatic hydroxyl groups excluding tert-OH is 3. The van der Waals surface area contributed by atoms with Crippen LogP contribution in [0.1, 0.15) is 29.4 Å². The molecule has 2 aromatic heterocycles. The highest BCUT2D eigenvalue weighted by Crippen LogP contribution is 2.37. The third-order valence-corrected chi connectivity index (χ3v) is 4.95. The zero-order valence-corrected chi connectivity index (χ0v) is 14.8. The molecule has 4 rings (SSSR count). The van der Waals surface area contributed by atoms with Gasteiger partial charge in [0.15, 0.2) is 6.23 Å². The Labute approximate surface area is 154 Å². The Bertz CT molecular complexity index is 975. The van der Waals surface area contributed by atoms with Gasteiger partial charge in [0.1, 0.15) is 41.7 Å². The number of fused-ring (bicyclic) bond motifs is 1. The monoisotopic (exact) mass is 373 g/mol. The second-order valence-corrected chi connectivity index (χ2v) is 6.79. The van der Waals surface area contributed by atoms with E-state index in [0.717, 1.165) is 11.1 Å². The summed E-state index contributed by atoms with van der Waals surface area (Å²) in [6.45, 7) is 3.63. The van der Waals surface area contributed by atoms with Crippen LogP contribution in [0.2, 0.25) is 0 Å². The Morgan fingerprint density at radius 1 is 1.07 bits per heavy atom. The fourth-order valence-electron chi connectivity index (χ4n) is 3.55. The molecule has 1 saturated heterocycles. The van der Waals surface area contributed by atoms with E-state index < -0.39 is 36.5 Å². The molecular weight excluding hydrogens is 353 g/mol. The summed E-state index contributed by atoms with van der Waals surface area (Å²) in [7, 11) is 0. The average molecular weight is 373 g/mol. The fraction of sp³-hybridized carbons (Fsp3) is 0.368. The SMILES string of the molecule is Cc1nc(C)c2ccn([C@@H]3O[C@H]([C@H](O)c4ccc(F)cc4)[C@@H](O)[C@H]3O)c2n1. The zero-order chi connectivity index (χ0) is 19.3. The van der Waals surface area contributed by atoms with Gasteiger partial charge >= 0.3 is 0 Å². The van der Waals surface area contributed by atoms with Crippen molar-refractivity contribution in [3.8, 4) is 0 Å². The lowest BCUT2D eigenvalue weighted by molar-refractivity contribution is -0.0848. The quantitative estimate of drug-likeness (QED) is 0.644. The van der Waals surface area contributed by atoms with Crippen molar-refractivity contribution in [1.29, 1.82) is 0 Å². The second-order valence-electron chi connectivity index (χ2n) is 6.79. The third kappa shape index (κ3) is 3.00. The van der Waals surface area contributed by atoms with Crippen LogP contribution in [0.5, 0.6) is 0 Å². The van der Waals surface area contributed by atoms with E-state index in [-0.39, 0.29) is 0 Å². The van der Waals surface area contributed by atoms with Gasteiger partial charge in [-0.25, -0.2) is 14.4 Å². The van der Waals surface area contributed by atoms with Crippen LogP contribution in [0.3, 0.4) is 0 Å². The second kappa shape index (κ2) is 6.65. The van der Waals surface area contributed by atoms with Crippen molar-refractivity contribution in [2.45, 2.75) is 44.5 Å². The molecule has 0 unspecified atom stereocenters. The van der Waals surface area contributed by atoms with Gasteiger partial charge in [-0.3, -0.25) is 0 Å². The van der Waals surface area contributed by atoms with Crippen molar-refractivity contribution in [1.82, 2.24) is 14.5 Å². The van der Waals surface area contributed by atoms with E-state index in [1.807, 2.05) is 13.0 Å². The van der Waals surface area contributed by atoms with Crippen LogP contribution in [0.15, 0.2) is 36.5 Å². The maximum Gasteiger partial charge on any atom is 0.164 e. The standard InChI is InChI=1S/C19H20FN3O4/c1-9-13-7-8-23(18(13)22-10(2)21-9)19-16(26)15(25)17(27-19)14(24)11-3-5-12(20)6-4-11/h3-8,14-17,19,24-26H,1-2H3/t14-,15+,16-,17-,19-/m1/s1. The van der Waals surface area contributed by atoms with Crippen molar-refractivity contribution in [2.75, 3.05) is 0 Å². The van der Waals surface area contributed by atoms with Gasteiger partial charge in [0.05, 0.1) is 5.69 Å². The number of ether oxygens (including phenoxy) is 1. The fourth-order valence-corrected chi connectivity index (χ4v) is 3.55. The van der Waals surface area contributed by atoms with E-state index in [9.17, 15) is 19.7 Å². The highest BCUT2D eigenvalue weighted by molar-refractivity contribution is 5.78. The molecule has 3 aromatic rings. The molecule has 0 amide bonds. The van der Waals surface area contributed by atoms with Crippen molar-refractivity contribution in [3.05, 3.63) is 59.4 Å². The number of aromatic nitrogens is 3. The van der Waals surface area contributed by atoms with Crippen molar-refractivity contribution in [2.24, 2.45) is 0 Å². The molecule has 142 valence electrons. The summed E-state index contributed by atoms with van der Waals surface area (Å²) in [6, 6.07) is 7.09. The molecule has 8 heteroatoms. The number of benzene rings is 1. The minimum atomic E-state index is -1.32. The molecule has 3 heterocycles. The molecule has 1 aliphatic heterocycles. The van der Waals surface area contributed by atoms with E-state index in [1.165, 1.54) is 24.3 Å². The first kappa shape index (κ1) is 18.0. The van der Waals surface area contributed by atoms with Gasteiger partial charge in [-0.1, -0.05) is 12.1 Å². The molecule has 27 heavy (non-hydrogen) atoms. The van der Waals surface area contributed by atoms with Gasteiger partial charge in [-0.05, 0) is 37.6 Å². The van der Waals surface area contributed by atoms with Crippen molar-refractivity contribution >= 4 is 11.0 Å². The summed E-state index contributed by atoms with van der Waals surface area (Å²) in [5, 5.41) is 32.3. The molecule has 3 N–H and O–H groups in total. The van der Waals surface area contributed by atoms with Crippen LogP contribution < -0.4 is 0 Å². The molecule has 7 nitrogen and oxygen atoms in total. The molecule has 5 atom stereocenters. The Hall–Kier alpha value is -2.39. The minimum Gasteiger partial charge on any atom is -0.387 e. The lowest BCUT2D eigenvalue weighted by Crippen LogP contribution is -2.34.